The lowest BCUT2D eigenvalue weighted by atomic mass is 9.88. The van der Waals surface area contributed by atoms with E-state index in [1.54, 1.807) is 30.3 Å². The molecule has 1 aliphatic heterocycles. The summed E-state index contributed by atoms with van der Waals surface area (Å²) in [6.45, 7) is -1.74. The summed E-state index contributed by atoms with van der Waals surface area (Å²) in [7, 11) is 0. The molecule has 0 spiro atoms. The molecule has 170 valence electrons. The summed E-state index contributed by atoms with van der Waals surface area (Å²) in [4.78, 5) is 26.2. The van der Waals surface area contributed by atoms with E-state index in [1.165, 1.54) is 0 Å². The van der Waals surface area contributed by atoms with Crippen LogP contribution in [0.3, 0.4) is 0 Å². The van der Waals surface area contributed by atoms with Gasteiger partial charge in [0, 0.05) is 11.3 Å². The van der Waals surface area contributed by atoms with Crippen LogP contribution in [0.25, 0.3) is 10.4 Å². The number of nitrogens with zero attached hydrogens (tertiary/aromatic N) is 3. The minimum absolute atomic E-state index is 0.211. The topological polar surface area (TPSA) is 215 Å². The Morgan fingerprint density at radius 3 is 2.61 bits per heavy atom. The molecule has 1 saturated heterocycles. The second kappa shape index (κ2) is 11.0. The number of carbonyl (C=O) groups is 2. The first kappa shape index (κ1) is 24.5. The molecule has 0 aliphatic carbocycles. The third-order valence-corrected chi connectivity index (χ3v) is 4.75. The minimum atomic E-state index is -2.42. The number of nitrogens with one attached hydrogen (secondary N) is 1. The van der Waals surface area contributed by atoms with Gasteiger partial charge in [-0.25, -0.2) is 4.79 Å². The van der Waals surface area contributed by atoms with Gasteiger partial charge in [-0.1, -0.05) is 35.4 Å². The fraction of sp³-hybridized carbons (Fsp3) is 0.556. The molecule has 0 radical (unpaired) electrons. The van der Waals surface area contributed by atoms with E-state index in [0.29, 0.717) is 5.56 Å². The fourth-order valence-corrected chi connectivity index (χ4v) is 3.17. The van der Waals surface area contributed by atoms with Crippen molar-refractivity contribution in [3.05, 3.63) is 46.3 Å². The van der Waals surface area contributed by atoms with Gasteiger partial charge in [-0.2, -0.15) is 0 Å². The molecule has 1 aliphatic rings. The van der Waals surface area contributed by atoms with Gasteiger partial charge in [0.2, 0.25) is 5.91 Å². The average molecular weight is 440 g/mol. The zero-order valence-corrected chi connectivity index (χ0v) is 16.3. The zero-order chi connectivity index (χ0) is 23.0. The summed E-state index contributed by atoms with van der Waals surface area (Å²) in [5, 5.41) is 55.3. The fourth-order valence-electron chi connectivity index (χ4n) is 3.17. The average Bonchev–Trinajstić information content (AvgIpc) is 2.77. The number of benzene rings is 1. The zero-order valence-electron chi connectivity index (χ0n) is 16.3. The Morgan fingerprint density at radius 1 is 1.35 bits per heavy atom. The van der Waals surface area contributed by atoms with Gasteiger partial charge < -0.3 is 40.3 Å². The van der Waals surface area contributed by atoms with Crippen molar-refractivity contribution in [2.75, 3.05) is 13.2 Å². The molecule has 1 aromatic rings. The maximum atomic E-state index is 12.0. The summed E-state index contributed by atoms with van der Waals surface area (Å²) in [5.74, 6) is -4.95. The number of carboxylic acids is 1. The van der Waals surface area contributed by atoms with E-state index in [1.807, 2.05) is 0 Å². The number of carboxylic acid groups (broad SMARTS) is 1. The van der Waals surface area contributed by atoms with Crippen molar-refractivity contribution in [3.8, 4) is 0 Å². The highest BCUT2D eigenvalue weighted by Gasteiger charge is 2.55. The number of azide groups is 1. The number of hydrogen-bond acceptors (Lipinski definition) is 9. The van der Waals surface area contributed by atoms with E-state index in [4.69, 9.17) is 20.1 Å². The Bertz CT molecular complexity index is 804. The van der Waals surface area contributed by atoms with Gasteiger partial charge in [0.05, 0.1) is 31.4 Å². The van der Waals surface area contributed by atoms with Crippen LogP contribution in [0, 0.1) is 0 Å². The highest BCUT2D eigenvalue weighted by atomic mass is 16.7. The second-order valence-corrected chi connectivity index (χ2v) is 6.91. The molecule has 13 nitrogen and oxygen atoms in total. The molecular formula is C18H24N4O9. The lowest BCUT2D eigenvalue weighted by Gasteiger charge is -2.46. The summed E-state index contributed by atoms with van der Waals surface area (Å²) < 4.78 is 11.0. The van der Waals surface area contributed by atoms with Gasteiger partial charge in [-0.3, -0.25) is 4.79 Å². The first-order valence-corrected chi connectivity index (χ1v) is 9.28. The summed E-state index contributed by atoms with van der Waals surface area (Å²) in [5.41, 5.74) is 9.01. The van der Waals surface area contributed by atoms with Gasteiger partial charge in [0.15, 0.2) is 0 Å². The molecule has 6 atom stereocenters. The smallest absolute Gasteiger partial charge is 0.364 e. The predicted octanol–water partition coefficient (Wildman–Crippen LogP) is -1.36. The Morgan fingerprint density at radius 2 is 2.03 bits per heavy atom. The number of aliphatic carboxylic acids is 1. The van der Waals surface area contributed by atoms with Crippen LogP contribution in [-0.2, 0) is 25.7 Å². The van der Waals surface area contributed by atoms with Crippen molar-refractivity contribution < 1.29 is 44.6 Å². The van der Waals surface area contributed by atoms with Gasteiger partial charge in [0.1, 0.15) is 18.8 Å². The number of aliphatic hydroxyl groups excluding tert-OH is 4. The molecule has 6 N–H and O–H groups in total. The van der Waals surface area contributed by atoms with Crippen LogP contribution >= 0.6 is 0 Å². The molecule has 1 heterocycles. The quantitative estimate of drug-likeness (QED) is 0.144. The predicted molar refractivity (Wildman–Crippen MR) is 102 cm³/mol. The largest absolute Gasteiger partial charge is 0.477 e. The van der Waals surface area contributed by atoms with E-state index >= 15 is 0 Å². The maximum Gasteiger partial charge on any atom is 0.364 e. The van der Waals surface area contributed by atoms with E-state index in [9.17, 15) is 30.0 Å². The van der Waals surface area contributed by atoms with Crippen LogP contribution in [-0.4, -0.2) is 86.8 Å². The monoisotopic (exact) mass is 440 g/mol. The molecule has 1 fully saturated rings. The first-order valence-electron chi connectivity index (χ1n) is 9.28. The van der Waals surface area contributed by atoms with Crippen LogP contribution in [0.2, 0.25) is 0 Å². The SMILES string of the molecule is [N-]=[N+]=NC[C@@H](O)[C@@H](O)[C@@H]1O[C@@](OCc2ccccc2)(C(=O)O)C[C@H](O)[C@H]1NC(=O)CO. The Kier molecular flexibility index (Phi) is 8.71. The van der Waals surface area contributed by atoms with Crippen LogP contribution in [0.5, 0.6) is 0 Å². The molecule has 1 aromatic carbocycles. The maximum absolute atomic E-state index is 12.0. The van der Waals surface area contributed by atoms with Crippen molar-refractivity contribution in [2.45, 2.75) is 49.3 Å². The van der Waals surface area contributed by atoms with Crippen molar-refractivity contribution in [1.82, 2.24) is 5.32 Å². The molecular weight excluding hydrogens is 416 g/mol. The number of amides is 1. The lowest BCUT2D eigenvalue weighted by molar-refractivity contribution is -0.314. The van der Waals surface area contributed by atoms with Crippen molar-refractivity contribution in [2.24, 2.45) is 5.11 Å². The standard InChI is InChI=1S/C18H24N4O9/c19-22-20-7-12(25)15(27)16-14(21-13(26)8-23)11(24)6-18(31-16,17(28)29)30-9-10-4-2-1-3-5-10/h1-5,11-12,14-16,23-25,27H,6-9H2,(H,21,26)(H,28,29)/t11-,12+,14+,15+,16+,18+/m0/s1. The molecule has 13 heteroatoms. The van der Waals surface area contributed by atoms with Crippen molar-refractivity contribution in [3.63, 3.8) is 0 Å². The lowest BCUT2D eigenvalue weighted by Crippen LogP contribution is -2.68. The number of carbonyl (C=O) groups excluding carboxylic acids is 1. The minimum Gasteiger partial charge on any atom is -0.477 e. The summed E-state index contributed by atoms with van der Waals surface area (Å²) >= 11 is 0. The number of aliphatic hydroxyl groups is 4. The van der Waals surface area contributed by atoms with Crippen LogP contribution in [0.4, 0.5) is 0 Å². The summed E-state index contributed by atoms with van der Waals surface area (Å²) in [6, 6.07) is 7.12. The van der Waals surface area contributed by atoms with Crippen molar-refractivity contribution >= 4 is 11.9 Å². The van der Waals surface area contributed by atoms with E-state index in [-0.39, 0.29) is 6.61 Å². The molecule has 0 saturated carbocycles. The first-order chi connectivity index (χ1) is 14.7. The number of hydrogen-bond donors (Lipinski definition) is 6. The number of rotatable bonds is 10. The normalized spacial score (nSPS) is 27.5. The molecule has 0 aromatic heterocycles. The second-order valence-electron chi connectivity index (χ2n) is 6.91. The van der Waals surface area contributed by atoms with Crippen LogP contribution in [0.15, 0.2) is 35.4 Å². The van der Waals surface area contributed by atoms with Gasteiger partial charge in [-0.05, 0) is 11.1 Å². The van der Waals surface area contributed by atoms with Crippen LogP contribution in [0.1, 0.15) is 12.0 Å². The van der Waals surface area contributed by atoms with E-state index < -0.39 is 67.7 Å². The Labute approximate surface area is 176 Å². The Balaban J connectivity index is 2.33. The molecule has 31 heavy (non-hydrogen) atoms. The van der Waals surface area contributed by atoms with Gasteiger partial charge >= 0.3 is 5.97 Å². The third kappa shape index (κ3) is 6.12. The number of ether oxygens (including phenoxy) is 2. The molecule has 2 rings (SSSR count). The van der Waals surface area contributed by atoms with Gasteiger partial charge in [-0.15, -0.1) is 0 Å². The highest BCUT2D eigenvalue weighted by Crippen LogP contribution is 2.34. The summed E-state index contributed by atoms with van der Waals surface area (Å²) in [6.07, 6.45) is -7.50. The van der Waals surface area contributed by atoms with E-state index in [0.717, 1.165) is 0 Å². The van der Waals surface area contributed by atoms with Gasteiger partial charge in [0.25, 0.3) is 5.79 Å². The highest BCUT2D eigenvalue weighted by molar-refractivity contribution is 5.78. The Hall–Kier alpha value is -2.77. The molecule has 0 unspecified atom stereocenters. The van der Waals surface area contributed by atoms with Crippen molar-refractivity contribution in [1.29, 1.82) is 0 Å². The molecule has 1 amide bonds. The van der Waals surface area contributed by atoms with Crippen LogP contribution < -0.4 is 5.32 Å². The van der Waals surface area contributed by atoms with E-state index in [2.05, 4.69) is 15.3 Å². The molecule has 0 bridgehead atoms. The third-order valence-electron chi connectivity index (χ3n) is 4.75.